The number of thiocarbonyl (C=S) groups is 1. The smallest absolute Gasteiger partial charge is 0.353 e. The van der Waals surface area contributed by atoms with Gasteiger partial charge in [0.15, 0.2) is 0 Å². The lowest BCUT2D eigenvalue weighted by molar-refractivity contribution is -0.148. The summed E-state index contributed by atoms with van der Waals surface area (Å²) in [4.78, 5) is 27.2. The lowest BCUT2D eigenvalue weighted by Crippen LogP contribution is -2.70. The van der Waals surface area contributed by atoms with E-state index in [1.807, 2.05) is 42.5 Å². The van der Waals surface area contributed by atoms with Gasteiger partial charge >= 0.3 is 5.97 Å². The van der Waals surface area contributed by atoms with Crippen LogP contribution in [-0.4, -0.2) is 53.8 Å². The maximum absolute atomic E-state index is 12.8. The second-order valence-electron chi connectivity index (χ2n) is 6.71. The average Bonchev–Trinajstić information content (AvgIpc) is 3.24. The monoisotopic (exact) mass is 471 g/mol. The Morgan fingerprint density at radius 3 is 2.87 bits per heavy atom. The topological polar surface area (TPSA) is 111 Å². The average molecular weight is 472 g/mol. The Morgan fingerprint density at radius 1 is 1.39 bits per heavy atom. The van der Waals surface area contributed by atoms with Crippen molar-refractivity contribution in [3.63, 3.8) is 0 Å². The Hall–Kier alpha value is -2.81. The molecule has 11 heteroatoms. The molecule has 4 rings (SSSR count). The number of carboxylic acid groups (broad SMARTS) is 1. The van der Waals surface area contributed by atoms with Crippen LogP contribution in [0, 0.1) is 11.3 Å². The summed E-state index contributed by atoms with van der Waals surface area (Å²) in [5.74, 6) is -1.02. The first-order valence-electron chi connectivity index (χ1n) is 9.36. The number of carboxylic acids is 1. The fourth-order valence-electron chi connectivity index (χ4n) is 3.34. The summed E-state index contributed by atoms with van der Waals surface area (Å²) >= 11 is 7.99. The Kier molecular flexibility index (Phi) is 6.31. The summed E-state index contributed by atoms with van der Waals surface area (Å²) in [6.07, 6.45) is 2.30. The van der Waals surface area contributed by atoms with Crippen molar-refractivity contribution in [2.45, 2.75) is 29.3 Å². The van der Waals surface area contributed by atoms with E-state index >= 15 is 0 Å². The van der Waals surface area contributed by atoms with Gasteiger partial charge in [-0.15, -0.1) is 11.8 Å². The van der Waals surface area contributed by atoms with E-state index in [9.17, 15) is 14.7 Å². The molecule has 1 fully saturated rings. The fourth-order valence-corrected chi connectivity index (χ4v) is 6.11. The number of hydrogen-bond donors (Lipinski definition) is 2. The van der Waals surface area contributed by atoms with Crippen molar-refractivity contribution in [3.8, 4) is 11.8 Å². The lowest BCUT2D eigenvalue weighted by Gasteiger charge is -2.49. The number of benzene rings is 1. The van der Waals surface area contributed by atoms with Crippen LogP contribution in [0.1, 0.15) is 12.8 Å². The first-order valence-corrected chi connectivity index (χ1v) is 11.6. The lowest BCUT2D eigenvalue weighted by atomic mass is 10.0. The van der Waals surface area contributed by atoms with Crippen LogP contribution in [0.15, 0.2) is 58.2 Å². The molecular weight excluding hydrogens is 454 g/mol. The van der Waals surface area contributed by atoms with Crippen LogP contribution in [-0.2, 0) is 9.59 Å². The predicted molar refractivity (Wildman–Crippen MR) is 122 cm³/mol. The van der Waals surface area contributed by atoms with Crippen molar-refractivity contribution in [2.24, 2.45) is 0 Å². The third-order valence-corrected chi connectivity index (χ3v) is 7.64. The fraction of sp³-hybridized carbons (Fsp3) is 0.250. The van der Waals surface area contributed by atoms with E-state index in [4.69, 9.17) is 17.5 Å². The highest BCUT2D eigenvalue weighted by molar-refractivity contribution is 8.06. The van der Waals surface area contributed by atoms with E-state index in [-0.39, 0.29) is 23.4 Å². The summed E-state index contributed by atoms with van der Waals surface area (Å²) in [7, 11) is 0. The van der Waals surface area contributed by atoms with Crippen molar-refractivity contribution in [1.29, 1.82) is 5.26 Å². The summed E-state index contributed by atoms with van der Waals surface area (Å²) in [5, 5.41) is 26.3. The zero-order chi connectivity index (χ0) is 22.0. The summed E-state index contributed by atoms with van der Waals surface area (Å²) < 4.78 is 1.74. The number of para-hydroxylation sites is 1. The van der Waals surface area contributed by atoms with Gasteiger partial charge in [-0.2, -0.15) is 10.4 Å². The molecule has 2 aromatic rings. The molecule has 2 aliphatic rings. The SMILES string of the molecule is N#CCCC(=S)N[C@@H]1C(=O)N2C(C(=O)O)=C(Sc3ccnn3-c3ccccc3)CS[C@H]12. The van der Waals surface area contributed by atoms with Gasteiger partial charge in [-0.1, -0.05) is 42.2 Å². The van der Waals surface area contributed by atoms with Crippen LogP contribution in [0.2, 0.25) is 0 Å². The van der Waals surface area contributed by atoms with Crippen LogP contribution in [0.4, 0.5) is 0 Å². The largest absolute Gasteiger partial charge is 0.477 e. The standard InChI is InChI=1S/C20H17N5O3S3/c21-9-4-7-14(29)23-16-18(26)24-17(20(27)28)13(11-30-19(16)24)31-15-8-10-22-25(15)12-5-2-1-3-6-12/h1-3,5-6,8,10,16,19H,4,7,11H2,(H,23,29)(H,27,28)/t16-,19-/m1/s1. The zero-order valence-electron chi connectivity index (χ0n) is 16.1. The Balaban J connectivity index is 1.56. The van der Waals surface area contributed by atoms with E-state index in [0.717, 1.165) is 10.7 Å². The molecule has 1 saturated heterocycles. The zero-order valence-corrected chi connectivity index (χ0v) is 18.5. The first kappa shape index (κ1) is 21.4. The van der Waals surface area contributed by atoms with Gasteiger partial charge in [-0.05, 0) is 18.2 Å². The van der Waals surface area contributed by atoms with Crippen molar-refractivity contribution in [3.05, 3.63) is 53.2 Å². The molecule has 2 aliphatic heterocycles. The molecule has 1 amide bonds. The maximum atomic E-state index is 12.8. The highest BCUT2D eigenvalue weighted by atomic mass is 32.2. The Labute approximate surface area is 192 Å². The minimum Gasteiger partial charge on any atom is -0.477 e. The van der Waals surface area contributed by atoms with Crippen LogP contribution in [0.3, 0.4) is 0 Å². The molecule has 3 heterocycles. The maximum Gasteiger partial charge on any atom is 0.353 e. The summed E-state index contributed by atoms with van der Waals surface area (Å²) in [5.41, 5.74) is 0.865. The molecule has 2 N–H and O–H groups in total. The number of nitrogens with zero attached hydrogens (tertiary/aromatic N) is 4. The van der Waals surface area contributed by atoms with Gasteiger partial charge in [0.25, 0.3) is 5.91 Å². The molecule has 2 atom stereocenters. The molecular formula is C20H17N5O3S3. The third-order valence-electron chi connectivity index (χ3n) is 4.75. The van der Waals surface area contributed by atoms with Crippen molar-refractivity contribution in [2.75, 3.05) is 5.75 Å². The van der Waals surface area contributed by atoms with E-state index in [1.165, 1.54) is 28.4 Å². The van der Waals surface area contributed by atoms with Crippen molar-refractivity contribution < 1.29 is 14.7 Å². The second-order valence-corrected chi connectivity index (χ2v) is 9.42. The molecule has 1 aromatic carbocycles. The molecule has 158 valence electrons. The summed E-state index contributed by atoms with van der Waals surface area (Å²) in [6.45, 7) is 0. The molecule has 0 unspecified atom stereocenters. The highest BCUT2D eigenvalue weighted by Gasteiger charge is 2.54. The number of fused-ring (bicyclic) bond motifs is 1. The van der Waals surface area contributed by atoms with Crippen LogP contribution >= 0.6 is 35.7 Å². The predicted octanol–water partition coefficient (Wildman–Crippen LogP) is 2.77. The van der Waals surface area contributed by atoms with Crippen molar-refractivity contribution >= 4 is 52.6 Å². The Morgan fingerprint density at radius 2 is 2.16 bits per heavy atom. The number of β-lactam (4-membered cyclic amide) rings is 1. The number of hydrogen-bond acceptors (Lipinski definition) is 7. The number of rotatable bonds is 7. The van der Waals surface area contributed by atoms with Crippen molar-refractivity contribution in [1.82, 2.24) is 20.0 Å². The molecule has 8 nitrogen and oxygen atoms in total. The minimum atomic E-state index is -1.14. The van der Waals surface area contributed by atoms with Crippen LogP contribution in [0.25, 0.3) is 5.69 Å². The molecule has 0 saturated carbocycles. The number of carbonyl (C=O) groups excluding carboxylic acids is 1. The molecule has 1 aromatic heterocycles. The van der Waals surface area contributed by atoms with Crippen LogP contribution < -0.4 is 5.32 Å². The highest BCUT2D eigenvalue weighted by Crippen LogP contribution is 2.45. The quantitative estimate of drug-likeness (QED) is 0.465. The van der Waals surface area contributed by atoms with Gasteiger partial charge in [-0.3, -0.25) is 9.69 Å². The molecule has 31 heavy (non-hydrogen) atoms. The molecule has 0 bridgehead atoms. The van der Waals surface area contributed by atoms with E-state index < -0.39 is 12.0 Å². The van der Waals surface area contributed by atoms with Gasteiger partial charge in [0.05, 0.1) is 22.9 Å². The molecule has 0 spiro atoms. The molecule has 0 radical (unpaired) electrons. The number of amides is 1. The second kappa shape index (κ2) is 9.13. The van der Waals surface area contributed by atoms with Gasteiger partial charge < -0.3 is 10.4 Å². The number of thioether (sulfide) groups is 2. The minimum absolute atomic E-state index is 0.000514. The Bertz CT molecular complexity index is 1110. The normalized spacial score (nSPS) is 20.0. The number of aliphatic carboxylic acids is 1. The number of nitriles is 1. The number of aromatic nitrogens is 2. The van der Waals surface area contributed by atoms with Crippen LogP contribution in [0.5, 0.6) is 0 Å². The molecule has 0 aliphatic carbocycles. The van der Waals surface area contributed by atoms with E-state index in [0.29, 0.717) is 22.1 Å². The van der Waals surface area contributed by atoms with Gasteiger partial charge in [0.2, 0.25) is 0 Å². The number of nitrogens with one attached hydrogen (secondary N) is 1. The van der Waals surface area contributed by atoms with Gasteiger partial charge in [-0.25, -0.2) is 9.48 Å². The number of carbonyl (C=O) groups is 2. The van der Waals surface area contributed by atoms with Gasteiger partial charge in [0, 0.05) is 23.5 Å². The first-order chi connectivity index (χ1) is 15.0. The van der Waals surface area contributed by atoms with E-state index in [1.54, 1.807) is 10.9 Å². The van der Waals surface area contributed by atoms with E-state index in [2.05, 4.69) is 10.4 Å². The van der Waals surface area contributed by atoms with Gasteiger partial charge in [0.1, 0.15) is 22.1 Å². The summed E-state index contributed by atoms with van der Waals surface area (Å²) in [6, 6.07) is 12.8. The third kappa shape index (κ3) is 4.19.